The van der Waals surface area contributed by atoms with Gasteiger partial charge in [0.15, 0.2) is 0 Å². The van der Waals surface area contributed by atoms with Crippen LogP contribution in [-0.2, 0) is 0 Å². The van der Waals surface area contributed by atoms with Crippen LogP contribution in [0.1, 0.15) is 12.8 Å². The smallest absolute Gasteiger partial charge is 0.314 e. The summed E-state index contributed by atoms with van der Waals surface area (Å²) in [5, 5.41) is 12.3. The first kappa shape index (κ1) is 10.7. The van der Waals surface area contributed by atoms with Gasteiger partial charge >= 0.3 is 6.03 Å². The van der Waals surface area contributed by atoms with Gasteiger partial charge in [-0.25, -0.2) is 4.79 Å². The monoisotopic (exact) mass is 212 g/mol. The summed E-state index contributed by atoms with van der Waals surface area (Å²) in [4.78, 5) is 11.4. The topological polar surface area (TPSA) is 65.2 Å². The van der Waals surface area contributed by atoms with Crippen molar-refractivity contribution in [3.63, 3.8) is 0 Å². The number of carbonyl (C=O) groups is 1. The van der Waals surface area contributed by atoms with Crippen molar-refractivity contribution in [2.24, 2.45) is 5.92 Å². The minimum absolute atomic E-state index is 0.0319. The number of urea groups is 1. The molecule has 0 aromatic heterocycles. The number of rotatable bonds is 4. The Morgan fingerprint density at radius 1 is 1.27 bits per heavy atom. The molecule has 0 aromatic carbocycles. The lowest BCUT2D eigenvalue weighted by Crippen LogP contribution is -2.50. The second kappa shape index (κ2) is 5.32. The molecule has 2 aliphatic heterocycles. The summed E-state index contributed by atoms with van der Waals surface area (Å²) in [6.45, 7) is 4.68. The van der Waals surface area contributed by atoms with E-state index in [1.54, 1.807) is 0 Å². The van der Waals surface area contributed by atoms with Gasteiger partial charge in [-0.15, -0.1) is 0 Å². The predicted molar refractivity (Wildman–Crippen MR) is 58.8 cm³/mol. The highest BCUT2D eigenvalue weighted by Crippen LogP contribution is 2.03. The molecular weight excluding hydrogens is 192 g/mol. The van der Waals surface area contributed by atoms with Gasteiger partial charge in [0.2, 0.25) is 0 Å². The highest BCUT2D eigenvalue weighted by molar-refractivity contribution is 5.73. The van der Waals surface area contributed by atoms with E-state index in [0.29, 0.717) is 12.0 Å². The van der Waals surface area contributed by atoms with Crippen molar-refractivity contribution in [3.8, 4) is 0 Å². The summed E-state index contributed by atoms with van der Waals surface area (Å²) >= 11 is 0. The average molecular weight is 212 g/mol. The lowest BCUT2D eigenvalue weighted by atomic mass is 10.0. The van der Waals surface area contributed by atoms with E-state index < -0.39 is 0 Å². The van der Waals surface area contributed by atoms with Crippen LogP contribution < -0.4 is 21.3 Å². The van der Waals surface area contributed by atoms with Crippen molar-refractivity contribution in [1.82, 2.24) is 21.3 Å². The van der Waals surface area contributed by atoms with E-state index in [0.717, 1.165) is 32.7 Å². The average Bonchev–Trinajstić information content (AvgIpc) is 2.64. The Balaban J connectivity index is 1.51. The molecular formula is C10H20N4O. The molecule has 1 atom stereocenters. The van der Waals surface area contributed by atoms with Crippen molar-refractivity contribution in [1.29, 1.82) is 0 Å². The van der Waals surface area contributed by atoms with E-state index in [9.17, 15) is 4.79 Å². The van der Waals surface area contributed by atoms with Gasteiger partial charge in [-0.3, -0.25) is 0 Å². The predicted octanol–water partition coefficient (Wildman–Crippen LogP) is -0.743. The first-order valence-corrected chi connectivity index (χ1v) is 5.80. The quantitative estimate of drug-likeness (QED) is 0.496. The van der Waals surface area contributed by atoms with Crippen molar-refractivity contribution >= 4 is 6.03 Å². The van der Waals surface area contributed by atoms with Crippen LogP contribution in [0.15, 0.2) is 0 Å². The third-order valence-corrected chi connectivity index (χ3v) is 3.09. The van der Waals surface area contributed by atoms with E-state index in [1.807, 2.05) is 0 Å². The molecule has 2 fully saturated rings. The van der Waals surface area contributed by atoms with Gasteiger partial charge < -0.3 is 21.3 Å². The second-order valence-electron chi connectivity index (χ2n) is 4.41. The third-order valence-electron chi connectivity index (χ3n) is 3.09. The number of nitrogens with one attached hydrogen (secondary N) is 4. The van der Waals surface area contributed by atoms with Gasteiger partial charge in [-0.05, 0) is 19.4 Å². The molecule has 5 heteroatoms. The molecule has 0 spiro atoms. The fraction of sp³-hybridized carbons (Fsp3) is 0.900. The summed E-state index contributed by atoms with van der Waals surface area (Å²) < 4.78 is 0. The molecule has 4 N–H and O–H groups in total. The summed E-state index contributed by atoms with van der Waals surface area (Å²) in [6, 6.07) is 0.441. The van der Waals surface area contributed by atoms with Crippen molar-refractivity contribution in [3.05, 3.63) is 0 Å². The van der Waals surface area contributed by atoms with E-state index in [4.69, 9.17) is 0 Å². The Kier molecular flexibility index (Phi) is 3.80. The molecule has 0 aliphatic carbocycles. The molecule has 0 bridgehead atoms. The fourth-order valence-corrected chi connectivity index (χ4v) is 1.94. The van der Waals surface area contributed by atoms with Gasteiger partial charge in [0.05, 0.1) is 0 Å². The van der Waals surface area contributed by atoms with Gasteiger partial charge in [-0.1, -0.05) is 0 Å². The maximum absolute atomic E-state index is 11.4. The molecule has 1 unspecified atom stereocenters. The maximum Gasteiger partial charge on any atom is 0.314 e. The Labute approximate surface area is 90.4 Å². The Morgan fingerprint density at radius 2 is 2.07 bits per heavy atom. The van der Waals surface area contributed by atoms with Crippen LogP contribution in [0, 0.1) is 5.92 Å². The number of hydrogen-bond donors (Lipinski definition) is 4. The van der Waals surface area contributed by atoms with Crippen LogP contribution in [-0.4, -0.2) is 44.8 Å². The molecule has 0 aromatic rings. The Morgan fingerprint density at radius 3 is 2.67 bits per heavy atom. The summed E-state index contributed by atoms with van der Waals surface area (Å²) in [5.41, 5.74) is 0. The van der Waals surface area contributed by atoms with Gasteiger partial charge in [0.1, 0.15) is 0 Å². The molecule has 0 radical (unpaired) electrons. The van der Waals surface area contributed by atoms with Crippen LogP contribution >= 0.6 is 0 Å². The van der Waals surface area contributed by atoms with Crippen LogP contribution in [0.3, 0.4) is 0 Å². The molecule has 2 saturated heterocycles. The van der Waals surface area contributed by atoms with Gasteiger partial charge in [0, 0.05) is 38.1 Å². The highest BCUT2D eigenvalue weighted by Gasteiger charge is 2.18. The largest absolute Gasteiger partial charge is 0.338 e. The zero-order valence-corrected chi connectivity index (χ0v) is 9.01. The van der Waals surface area contributed by atoms with Crippen molar-refractivity contribution in [2.75, 3.05) is 32.7 Å². The van der Waals surface area contributed by atoms with Gasteiger partial charge in [0.25, 0.3) is 0 Å². The van der Waals surface area contributed by atoms with E-state index in [2.05, 4.69) is 21.3 Å². The highest BCUT2D eigenvalue weighted by atomic mass is 16.2. The minimum Gasteiger partial charge on any atom is -0.338 e. The standard InChI is InChI=1S/C10H20N4O/c15-10(13-6-8-4-11-5-8)14-7-9-2-1-3-12-9/h8-9,11-12H,1-7H2,(H2,13,14,15). The fourth-order valence-electron chi connectivity index (χ4n) is 1.94. The lowest BCUT2D eigenvalue weighted by Gasteiger charge is -2.27. The van der Waals surface area contributed by atoms with Gasteiger partial charge in [-0.2, -0.15) is 0 Å². The first-order chi connectivity index (χ1) is 7.34. The third kappa shape index (κ3) is 3.35. The summed E-state index contributed by atoms with van der Waals surface area (Å²) in [7, 11) is 0. The molecule has 2 aliphatic rings. The molecule has 86 valence electrons. The number of hydrogen-bond acceptors (Lipinski definition) is 3. The van der Waals surface area contributed by atoms with Crippen LogP contribution in [0.5, 0.6) is 0 Å². The van der Waals surface area contributed by atoms with Crippen LogP contribution in [0.4, 0.5) is 4.79 Å². The molecule has 5 nitrogen and oxygen atoms in total. The molecule has 2 heterocycles. The zero-order chi connectivity index (χ0) is 10.5. The van der Waals surface area contributed by atoms with Crippen LogP contribution in [0.2, 0.25) is 0 Å². The Hall–Kier alpha value is -0.810. The lowest BCUT2D eigenvalue weighted by molar-refractivity contribution is 0.234. The van der Waals surface area contributed by atoms with Crippen molar-refractivity contribution in [2.45, 2.75) is 18.9 Å². The zero-order valence-electron chi connectivity index (χ0n) is 9.01. The van der Waals surface area contributed by atoms with E-state index in [-0.39, 0.29) is 6.03 Å². The first-order valence-electron chi connectivity index (χ1n) is 5.80. The summed E-state index contributed by atoms with van der Waals surface area (Å²) in [5.74, 6) is 0.625. The normalized spacial score (nSPS) is 26.0. The Bertz CT molecular complexity index is 211. The molecule has 15 heavy (non-hydrogen) atoms. The molecule has 0 saturated carbocycles. The maximum atomic E-state index is 11.4. The minimum atomic E-state index is -0.0319. The molecule has 2 rings (SSSR count). The van der Waals surface area contributed by atoms with Crippen molar-refractivity contribution < 1.29 is 4.79 Å². The number of amides is 2. The van der Waals surface area contributed by atoms with E-state index in [1.165, 1.54) is 12.8 Å². The van der Waals surface area contributed by atoms with E-state index >= 15 is 0 Å². The SMILES string of the molecule is O=C(NCC1CNC1)NCC1CCCN1. The number of carbonyl (C=O) groups excluding carboxylic acids is 1. The van der Waals surface area contributed by atoms with Crippen LogP contribution in [0.25, 0.3) is 0 Å². The second-order valence-corrected chi connectivity index (χ2v) is 4.41. The molecule has 2 amide bonds. The summed E-state index contributed by atoms with van der Waals surface area (Å²) in [6.07, 6.45) is 2.40.